The average molecular weight is 361 g/mol. The highest BCUT2D eigenvalue weighted by atomic mass is 35.5. The quantitative estimate of drug-likeness (QED) is 0.715. The Bertz CT molecular complexity index is 767. The predicted molar refractivity (Wildman–Crippen MR) is 103 cm³/mol. The van der Waals surface area contributed by atoms with Gasteiger partial charge in [-0.15, -0.1) is 0 Å². The van der Waals surface area contributed by atoms with Gasteiger partial charge in [0, 0.05) is 22.9 Å². The number of aromatic nitrogens is 1. The molecule has 0 aliphatic heterocycles. The van der Waals surface area contributed by atoms with Gasteiger partial charge < -0.3 is 10.4 Å². The minimum absolute atomic E-state index is 0.238. The Kier molecular flexibility index (Phi) is 5.14. The first-order valence-corrected chi connectivity index (χ1v) is 8.59. The van der Waals surface area contributed by atoms with Crippen molar-refractivity contribution in [3.05, 3.63) is 52.3 Å². The van der Waals surface area contributed by atoms with Gasteiger partial charge >= 0.3 is 0 Å². The maximum absolute atomic E-state index is 12.8. The van der Waals surface area contributed by atoms with Gasteiger partial charge in [0.25, 0.3) is 5.91 Å². The summed E-state index contributed by atoms with van der Waals surface area (Å²) >= 11 is 6.02. The average Bonchev–Trinajstić information content (AvgIpc) is 2.47. The summed E-state index contributed by atoms with van der Waals surface area (Å²) in [7, 11) is 0. The van der Waals surface area contributed by atoms with Crippen molar-refractivity contribution >= 4 is 23.2 Å². The SMILES string of the molecule is CC(C)(C)c1cc(C(=O)Nc2cccnc2Cl)cc(C(C)(C)C)c1O. The number of hydrogen-bond donors (Lipinski definition) is 2. The largest absolute Gasteiger partial charge is 0.507 e. The summed E-state index contributed by atoms with van der Waals surface area (Å²) in [6.45, 7) is 12.0. The topological polar surface area (TPSA) is 62.2 Å². The second-order valence-corrected chi connectivity index (χ2v) is 8.57. The van der Waals surface area contributed by atoms with E-state index in [9.17, 15) is 9.90 Å². The molecule has 0 bridgehead atoms. The summed E-state index contributed by atoms with van der Waals surface area (Å²) in [6, 6.07) is 6.89. The van der Waals surface area contributed by atoms with Crippen LogP contribution in [0.1, 0.15) is 63.0 Å². The van der Waals surface area contributed by atoms with Gasteiger partial charge in [-0.05, 0) is 35.1 Å². The number of benzene rings is 1. The van der Waals surface area contributed by atoms with Crippen molar-refractivity contribution in [2.45, 2.75) is 52.4 Å². The lowest BCUT2D eigenvalue weighted by Gasteiger charge is -2.28. The molecule has 0 aliphatic rings. The molecular formula is C20H25ClN2O2. The van der Waals surface area contributed by atoms with Crippen LogP contribution in [0.2, 0.25) is 5.15 Å². The molecule has 0 aliphatic carbocycles. The van der Waals surface area contributed by atoms with Gasteiger partial charge in [-0.2, -0.15) is 0 Å². The Morgan fingerprint density at radius 3 is 2.04 bits per heavy atom. The Morgan fingerprint density at radius 1 is 1.08 bits per heavy atom. The number of pyridine rings is 1. The third-order valence-electron chi connectivity index (χ3n) is 4.00. The molecule has 2 N–H and O–H groups in total. The monoisotopic (exact) mass is 360 g/mol. The molecule has 0 atom stereocenters. The van der Waals surface area contributed by atoms with Gasteiger partial charge in [0.15, 0.2) is 5.15 Å². The summed E-state index contributed by atoms with van der Waals surface area (Å²) in [4.78, 5) is 16.7. The van der Waals surface area contributed by atoms with Crippen LogP contribution in [0.4, 0.5) is 5.69 Å². The van der Waals surface area contributed by atoms with Crippen LogP contribution in [0.15, 0.2) is 30.5 Å². The molecule has 25 heavy (non-hydrogen) atoms. The molecule has 1 heterocycles. The fourth-order valence-electron chi connectivity index (χ4n) is 2.58. The molecule has 1 aromatic heterocycles. The molecule has 2 aromatic rings. The lowest BCUT2D eigenvalue weighted by molar-refractivity contribution is 0.102. The lowest BCUT2D eigenvalue weighted by Crippen LogP contribution is -2.20. The first-order valence-electron chi connectivity index (χ1n) is 8.21. The zero-order valence-electron chi connectivity index (χ0n) is 15.6. The van der Waals surface area contributed by atoms with Crippen LogP contribution < -0.4 is 5.32 Å². The number of halogens is 1. The number of nitrogens with one attached hydrogen (secondary N) is 1. The van der Waals surface area contributed by atoms with Crippen molar-refractivity contribution in [2.24, 2.45) is 0 Å². The first kappa shape index (κ1) is 19.3. The van der Waals surface area contributed by atoms with Crippen molar-refractivity contribution in [3.8, 4) is 5.75 Å². The fourth-order valence-corrected chi connectivity index (χ4v) is 2.75. The fraction of sp³-hybridized carbons (Fsp3) is 0.400. The second-order valence-electron chi connectivity index (χ2n) is 8.22. The van der Waals surface area contributed by atoms with Crippen molar-refractivity contribution in [2.75, 3.05) is 5.32 Å². The molecule has 1 amide bonds. The highest BCUT2D eigenvalue weighted by Crippen LogP contribution is 2.39. The number of rotatable bonds is 2. The summed E-state index contributed by atoms with van der Waals surface area (Å²) in [5.41, 5.74) is 1.81. The number of amides is 1. The van der Waals surface area contributed by atoms with E-state index < -0.39 is 0 Å². The van der Waals surface area contributed by atoms with Crippen LogP contribution in [0.3, 0.4) is 0 Å². The van der Waals surface area contributed by atoms with E-state index in [0.717, 1.165) is 11.1 Å². The number of hydrogen-bond acceptors (Lipinski definition) is 3. The van der Waals surface area contributed by atoms with Crippen molar-refractivity contribution in [1.29, 1.82) is 0 Å². The van der Waals surface area contributed by atoms with Crippen LogP contribution >= 0.6 is 11.6 Å². The van der Waals surface area contributed by atoms with Crippen LogP contribution in [0.25, 0.3) is 0 Å². The molecule has 5 heteroatoms. The van der Waals surface area contributed by atoms with Crippen molar-refractivity contribution in [1.82, 2.24) is 4.98 Å². The number of anilines is 1. The molecule has 0 saturated heterocycles. The Balaban J connectivity index is 2.54. The van der Waals surface area contributed by atoms with Crippen molar-refractivity contribution < 1.29 is 9.90 Å². The Labute approximate surface area is 154 Å². The van der Waals surface area contributed by atoms with Gasteiger partial charge in [-0.3, -0.25) is 4.79 Å². The third kappa shape index (κ3) is 4.31. The summed E-state index contributed by atoms with van der Waals surface area (Å²) < 4.78 is 0. The zero-order valence-corrected chi connectivity index (χ0v) is 16.3. The van der Waals surface area contributed by atoms with E-state index in [-0.39, 0.29) is 27.6 Å². The maximum Gasteiger partial charge on any atom is 0.255 e. The standard InChI is InChI=1S/C20H25ClN2O2/c1-19(2,3)13-10-12(11-14(16(13)24)20(4,5)6)18(25)23-15-8-7-9-22-17(15)21/h7-11,24H,1-6H3,(H,23,25). The molecule has 1 aromatic carbocycles. The number of carbonyl (C=O) groups is 1. The van der Waals surface area contributed by atoms with E-state index in [4.69, 9.17) is 11.6 Å². The number of carbonyl (C=O) groups excluding carboxylic acids is 1. The molecule has 4 nitrogen and oxygen atoms in total. The molecule has 0 saturated carbocycles. The maximum atomic E-state index is 12.8. The van der Waals surface area contributed by atoms with E-state index in [1.807, 2.05) is 41.5 Å². The van der Waals surface area contributed by atoms with Crippen LogP contribution in [-0.2, 0) is 10.8 Å². The second kappa shape index (κ2) is 6.68. The van der Waals surface area contributed by atoms with Crippen LogP contribution in [0.5, 0.6) is 5.75 Å². The molecule has 0 fully saturated rings. The van der Waals surface area contributed by atoms with Gasteiger partial charge in [-0.25, -0.2) is 4.98 Å². The minimum atomic E-state index is -0.299. The number of nitrogens with zero attached hydrogens (tertiary/aromatic N) is 1. The molecule has 2 rings (SSSR count). The predicted octanol–water partition coefficient (Wildman–Crippen LogP) is 5.29. The molecule has 0 unspecified atom stereocenters. The highest BCUT2D eigenvalue weighted by molar-refractivity contribution is 6.32. The minimum Gasteiger partial charge on any atom is -0.507 e. The highest BCUT2D eigenvalue weighted by Gasteiger charge is 2.27. The molecule has 0 spiro atoms. The molecule has 0 radical (unpaired) electrons. The van der Waals surface area contributed by atoms with E-state index >= 15 is 0 Å². The third-order valence-corrected chi connectivity index (χ3v) is 4.30. The van der Waals surface area contributed by atoms with Gasteiger partial charge in [0.1, 0.15) is 5.75 Å². The van der Waals surface area contributed by atoms with Gasteiger partial charge in [0.05, 0.1) is 5.69 Å². The van der Waals surface area contributed by atoms with E-state index in [2.05, 4.69) is 10.3 Å². The number of phenols is 1. The van der Waals surface area contributed by atoms with Crippen LogP contribution in [0, 0.1) is 0 Å². The number of aromatic hydroxyl groups is 1. The van der Waals surface area contributed by atoms with E-state index in [1.54, 1.807) is 30.5 Å². The first-order chi connectivity index (χ1) is 11.4. The van der Waals surface area contributed by atoms with Gasteiger partial charge in [0.2, 0.25) is 0 Å². The lowest BCUT2D eigenvalue weighted by atomic mass is 9.78. The van der Waals surface area contributed by atoms with Crippen LogP contribution in [-0.4, -0.2) is 16.0 Å². The van der Waals surface area contributed by atoms with E-state index in [0.29, 0.717) is 11.3 Å². The normalized spacial score (nSPS) is 12.1. The Morgan fingerprint density at radius 2 is 1.60 bits per heavy atom. The molecule has 134 valence electrons. The smallest absolute Gasteiger partial charge is 0.255 e. The van der Waals surface area contributed by atoms with Gasteiger partial charge in [-0.1, -0.05) is 53.1 Å². The zero-order chi connectivity index (χ0) is 19.0. The van der Waals surface area contributed by atoms with Crippen molar-refractivity contribution in [3.63, 3.8) is 0 Å². The summed E-state index contributed by atoms with van der Waals surface area (Å²) in [5.74, 6) is -0.0399. The summed E-state index contributed by atoms with van der Waals surface area (Å²) in [5, 5.41) is 13.8. The van der Waals surface area contributed by atoms with E-state index in [1.165, 1.54) is 0 Å². The summed E-state index contributed by atoms with van der Waals surface area (Å²) in [6.07, 6.45) is 1.56. The Hall–Kier alpha value is -2.07. The number of phenolic OH excluding ortho intramolecular Hbond substituents is 1. The molecular weight excluding hydrogens is 336 g/mol.